The predicted octanol–water partition coefficient (Wildman–Crippen LogP) is -0.437. The minimum absolute atomic E-state index is 0.182. The Hall–Kier alpha value is -1.50. The van der Waals surface area contributed by atoms with Crippen LogP contribution < -0.4 is 16.4 Å². The van der Waals surface area contributed by atoms with Crippen LogP contribution in [0.15, 0.2) is 12.1 Å². The summed E-state index contributed by atoms with van der Waals surface area (Å²) in [4.78, 5) is 13.0. The summed E-state index contributed by atoms with van der Waals surface area (Å²) < 4.78 is 0. The van der Waals surface area contributed by atoms with Gasteiger partial charge in [-0.15, -0.1) is 0 Å². The van der Waals surface area contributed by atoms with Crippen LogP contribution in [-0.4, -0.2) is 41.4 Å². The van der Waals surface area contributed by atoms with Gasteiger partial charge in [0.1, 0.15) is 0 Å². The molecule has 0 aromatic heterocycles. The highest BCUT2D eigenvalue weighted by atomic mass is 35.5. The van der Waals surface area contributed by atoms with Gasteiger partial charge in [0.15, 0.2) is 0 Å². The van der Waals surface area contributed by atoms with Gasteiger partial charge in [-0.2, -0.15) is 0 Å². The molecule has 2 unspecified atom stereocenters. The van der Waals surface area contributed by atoms with Crippen molar-refractivity contribution in [3.05, 3.63) is 22.7 Å². The number of carbonyl (C=O) groups excluding carboxylic acids is 1. The first-order valence-corrected chi connectivity index (χ1v) is 5.78. The van der Waals surface area contributed by atoms with Crippen LogP contribution in [0.2, 0.25) is 5.02 Å². The minimum Gasteiger partial charge on any atom is -0.399 e. The number of carbonyl (C=O) groups is 1. The van der Waals surface area contributed by atoms with E-state index in [1.807, 2.05) is 0 Å². The molecule has 1 aliphatic rings. The SMILES string of the molecule is NC(=O)c1cc(N)cc(Cl)c1N1CC(O)C(O)C1. The second kappa shape index (κ2) is 4.64. The maximum Gasteiger partial charge on any atom is 0.250 e. The fraction of sp³-hybridized carbons (Fsp3) is 0.364. The van der Waals surface area contributed by atoms with E-state index in [4.69, 9.17) is 23.1 Å². The first-order chi connectivity index (χ1) is 8.40. The van der Waals surface area contributed by atoms with Gasteiger partial charge < -0.3 is 26.6 Å². The average molecular weight is 272 g/mol. The van der Waals surface area contributed by atoms with Crippen LogP contribution >= 0.6 is 11.6 Å². The molecule has 1 aliphatic heterocycles. The number of nitrogens with two attached hydrogens (primary N) is 2. The molecule has 0 radical (unpaired) electrons. The molecule has 18 heavy (non-hydrogen) atoms. The molecule has 0 spiro atoms. The number of rotatable bonds is 2. The third-order valence-corrected chi connectivity index (χ3v) is 3.21. The number of amides is 1. The fourth-order valence-electron chi connectivity index (χ4n) is 2.08. The van der Waals surface area contributed by atoms with Crippen molar-refractivity contribution in [3.63, 3.8) is 0 Å². The number of benzene rings is 1. The number of aliphatic hydroxyl groups excluding tert-OH is 2. The molecule has 1 aromatic carbocycles. The lowest BCUT2D eigenvalue weighted by Crippen LogP contribution is -2.25. The van der Waals surface area contributed by atoms with E-state index in [2.05, 4.69) is 0 Å². The highest BCUT2D eigenvalue weighted by Crippen LogP contribution is 2.34. The Labute approximate surface area is 109 Å². The van der Waals surface area contributed by atoms with Gasteiger partial charge in [-0.25, -0.2) is 0 Å². The number of halogens is 1. The van der Waals surface area contributed by atoms with Gasteiger partial charge in [-0.1, -0.05) is 11.6 Å². The largest absolute Gasteiger partial charge is 0.399 e. The zero-order valence-electron chi connectivity index (χ0n) is 9.51. The number of β-amino-alcohol motifs (C(OH)–C–C–N with tert-alkyl or cyclic N) is 2. The van der Waals surface area contributed by atoms with Crippen molar-refractivity contribution in [1.82, 2.24) is 0 Å². The van der Waals surface area contributed by atoms with Crippen LogP contribution in [0.25, 0.3) is 0 Å². The van der Waals surface area contributed by atoms with Crippen LogP contribution in [0.1, 0.15) is 10.4 Å². The maximum atomic E-state index is 11.4. The standard InChI is InChI=1S/C11H14ClN3O3/c12-7-2-5(13)1-6(11(14)18)10(7)15-3-8(16)9(17)4-15/h1-2,8-9,16-17H,3-4,13H2,(H2,14,18). The Balaban J connectivity index is 2.47. The summed E-state index contributed by atoms with van der Waals surface area (Å²) in [5, 5.41) is 19.3. The van der Waals surface area contributed by atoms with E-state index in [9.17, 15) is 15.0 Å². The summed E-state index contributed by atoms with van der Waals surface area (Å²) in [6.45, 7) is 0.371. The van der Waals surface area contributed by atoms with Gasteiger partial charge in [-0.05, 0) is 12.1 Å². The molecular weight excluding hydrogens is 258 g/mol. The summed E-state index contributed by atoms with van der Waals surface area (Å²) in [6, 6.07) is 2.93. The Bertz CT molecular complexity index is 485. The van der Waals surface area contributed by atoms with E-state index in [0.717, 1.165) is 0 Å². The molecule has 2 rings (SSSR count). The van der Waals surface area contributed by atoms with Crippen LogP contribution in [0.3, 0.4) is 0 Å². The van der Waals surface area contributed by atoms with Gasteiger partial charge >= 0.3 is 0 Å². The molecule has 1 fully saturated rings. The Morgan fingerprint density at radius 2 is 1.89 bits per heavy atom. The smallest absolute Gasteiger partial charge is 0.250 e. The van der Waals surface area contributed by atoms with Crippen molar-refractivity contribution in [2.75, 3.05) is 23.7 Å². The van der Waals surface area contributed by atoms with E-state index >= 15 is 0 Å². The Kier molecular flexibility index (Phi) is 3.34. The second-order valence-corrected chi connectivity index (χ2v) is 4.71. The monoisotopic (exact) mass is 271 g/mol. The van der Waals surface area contributed by atoms with Crippen molar-refractivity contribution >= 4 is 28.9 Å². The Morgan fingerprint density at radius 1 is 1.33 bits per heavy atom. The first-order valence-electron chi connectivity index (χ1n) is 5.40. The molecule has 1 aromatic rings. The van der Waals surface area contributed by atoms with Crippen LogP contribution in [0, 0.1) is 0 Å². The lowest BCUT2D eigenvalue weighted by Gasteiger charge is -2.22. The molecule has 1 amide bonds. The van der Waals surface area contributed by atoms with Crippen LogP contribution in [0.4, 0.5) is 11.4 Å². The third kappa shape index (κ3) is 2.22. The Morgan fingerprint density at radius 3 is 2.39 bits per heavy atom. The molecular formula is C11H14ClN3O3. The molecule has 1 saturated heterocycles. The quantitative estimate of drug-likeness (QED) is 0.545. The van der Waals surface area contributed by atoms with Gasteiger partial charge in [0, 0.05) is 18.8 Å². The first kappa shape index (κ1) is 12.9. The zero-order valence-corrected chi connectivity index (χ0v) is 10.3. The normalized spacial score (nSPS) is 23.4. The molecule has 6 nitrogen and oxygen atoms in total. The van der Waals surface area contributed by atoms with Crippen molar-refractivity contribution in [1.29, 1.82) is 0 Å². The van der Waals surface area contributed by atoms with Gasteiger partial charge in [0.05, 0.1) is 28.5 Å². The van der Waals surface area contributed by atoms with E-state index in [1.54, 1.807) is 4.90 Å². The van der Waals surface area contributed by atoms with Crippen LogP contribution in [-0.2, 0) is 0 Å². The van der Waals surface area contributed by atoms with Crippen molar-refractivity contribution in [2.45, 2.75) is 12.2 Å². The van der Waals surface area contributed by atoms with Gasteiger partial charge in [-0.3, -0.25) is 4.79 Å². The molecule has 0 aliphatic carbocycles. The fourth-order valence-corrected chi connectivity index (χ4v) is 2.43. The number of primary amides is 1. The third-order valence-electron chi connectivity index (χ3n) is 2.93. The summed E-state index contributed by atoms with van der Waals surface area (Å²) in [5.74, 6) is -0.657. The number of hydrogen-bond donors (Lipinski definition) is 4. The molecule has 1 heterocycles. The van der Waals surface area contributed by atoms with E-state index < -0.39 is 18.1 Å². The molecule has 2 atom stereocenters. The number of hydrogen-bond acceptors (Lipinski definition) is 5. The van der Waals surface area contributed by atoms with E-state index in [-0.39, 0.29) is 23.7 Å². The number of nitrogens with zero attached hydrogens (tertiary/aromatic N) is 1. The van der Waals surface area contributed by atoms with Crippen molar-refractivity contribution in [3.8, 4) is 0 Å². The highest BCUT2D eigenvalue weighted by molar-refractivity contribution is 6.34. The predicted molar refractivity (Wildman–Crippen MR) is 68.6 cm³/mol. The zero-order chi connectivity index (χ0) is 13.4. The lowest BCUT2D eigenvalue weighted by atomic mass is 10.1. The summed E-state index contributed by atoms with van der Waals surface area (Å²) in [6.07, 6.45) is -1.75. The molecule has 6 N–H and O–H groups in total. The molecule has 98 valence electrons. The van der Waals surface area contributed by atoms with Crippen LogP contribution in [0.5, 0.6) is 0 Å². The van der Waals surface area contributed by atoms with Gasteiger partial charge in [0.25, 0.3) is 5.91 Å². The van der Waals surface area contributed by atoms with E-state index in [0.29, 0.717) is 11.4 Å². The average Bonchev–Trinajstić information content (AvgIpc) is 2.57. The molecule has 0 bridgehead atoms. The summed E-state index contributed by atoms with van der Waals surface area (Å²) in [5.41, 5.74) is 11.8. The van der Waals surface area contributed by atoms with Crippen molar-refractivity contribution in [2.24, 2.45) is 5.73 Å². The lowest BCUT2D eigenvalue weighted by molar-refractivity contribution is 0.0572. The maximum absolute atomic E-state index is 11.4. The van der Waals surface area contributed by atoms with E-state index in [1.165, 1.54) is 12.1 Å². The second-order valence-electron chi connectivity index (χ2n) is 4.30. The topological polar surface area (TPSA) is 113 Å². The summed E-state index contributed by atoms with van der Waals surface area (Å²) >= 11 is 6.06. The number of anilines is 2. The molecule has 0 saturated carbocycles. The number of nitrogen functional groups attached to an aromatic ring is 1. The van der Waals surface area contributed by atoms with Crippen molar-refractivity contribution < 1.29 is 15.0 Å². The highest BCUT2D eigenvalue weighted by Gasteiger charge is 2.32. The van der Waals surface area contributed by atoms with Gasteiger partial charge in [0.2, 0.25) is 0 Å². The summed E-state index contributed by atoms with van der Waals surface area (Å²) in [7, 11) is 0. The minimum atomic E-state index is -0.876. The molecule has 7 heteroatoms. The number of aliphatic hydroxyl groups is 2.